The van der Waals surface area contributed by atoms with Crippen molar-refractivity contribution in [1.82, 2.24) is 0 Å². The summed E-state index contributed by atoms with van der Waals surface area (Å²) in [5.41, 5.74) is 0. The maximum absolute atomic E-state index is 11.4. The fraction of sp³-hybridized carbons (Fsp3) is 0.800. The van der Waals surface area contributed by atoms with Crippen molar-refractivity contribution in [3.8, 4) is 0 Å². The van der Waals surface area contributed by atoms with Crippen molar-refractivity contribution in [1.29, 1.82) is 0 Å². The number of alkyl halides is 1. The average molecular weight is 253 g/mol. The molecule has 0 aromatic heterocycles. The Bertz CT molecular complexity index is 213. The molecule has 0 aliphatic rings. The number of hydrogen-bond acceptors (Lipinski definition) is 5. The number of aliphatic hydroxyl groups excluding tert-OH is 1. The van der Waals surface area contributed by atoms with Crippen molar-refractivity contribution in [2.75, 3.05) is 19.1 Å². The summed E-state index contributed by atoms with van der Waals surface area (Å²) in [4.78, 5) is 22.9. The number of aliphatic hydroxyl groups is 1. The zero-order valence-corrected chi connectivity index (χ0v) is 10.2. The Labute approximate surface area is 99.7 Å². The standard InChI is InChI=1S/C10H17ClO5/c1-3-15-9(13)8(5-7(12)6-11)10(14)16-4-2/h7-8,12H,3-6H2,1-2H3. The van der Waals surface area contributed by atoms with Crippen molar-refractivity contribution in [3.63, 3.8) is 0 Å². The van der Waals surface area contributed by atoms with Gasteiger partial charge in [-0.05, 0) is 20.3 Å². The second kappa shape index (κ2) is 8.35. The van der Waals surface area contributed by atoms with Gasteiger partial charge in [-0.3, -0.25) is 9.59 Å². The molecule has 0 aromatic rings. The lowest BCUT2D eigenvalue weighted by atomic mass is 10.0. The van der Waals surface area contributed by atoms with Gasteiger partial charge in [0.2, 0.25) is 0 Å². The SMILES string of the molecule is CCOC(=O)C(CC(O)CCl)C(=O)OCC. The second-order valence-electron chi connectivity index (χ2n) is 3.10. The first-order valence-electron chi connectivity index (χ1n) is 5.14. The predicted molar refractivity (Wildman–Crippen MR) is 58.1 cm³/mol. The minimum atomic E-state index is -1.10. The van der Waals surface area contributed by atoms with E-state index in [-0.39, 0.29) is 25.5 Å². The van der Waals surface area contributed by atoms with Gasteiger partial charge >= 0.3 is 11.9 Å². The van der Waals surface area contributed by atoms with Crippen LogP contribution in [-0.4, -0.2) is 42.2 Å². The molecular weight excluding hydrogens is 236 g/mol. The van der Waals surface area contributed by atoms with E-state index >= 15 is 0 Å². The Morgan fingerprint density at radius 1 is 1.19 bits per heavy atom. The van der Waals surface area contributed by atoms with E-state index in [1.165, 1.54) is 0 Å². The number of carbonyl (C=O) groups is 2. The Kier molecular flexibility index (Phi) is 7.93. The molecule has 0 rings (SSSR count). The molecule has 0 fully saturated rings. The van der Waals surface area contributed by atoms with Gasteiger partial charge in [0, 0.05) is 5.88 Å². The third-order valence-electron chi connectivity index (χ3n) is 1.83. The van der Waals surface area contributed by atoms with Crippen LogP contribution < -0.4 is 0 Å². The van der Waals surface area contributed by atoms with Gasteiger partial charge in [0.05, 0.1) is 19.3 Å². The van der Waals surface area contributed by atoms with Crippen molar-refractivity contribution < 1.29 is 24.2 Å². The average Bonchev–Trinajstić information content (AvgIpc) is 2.25. The van der Waals surface area contributed by atoms with Crippen LogP contribution in [-0.2, 0) is 19.1 Å². The first-order valence-corrected chi connectivity index (χ1v) is 5.67. The maximum atomic E-state index is 11.4. The number of halogens is 1. The Hall–Kier alpha value is -0.810. The molecule has 0 aliphatic heterocycles. The Balaban J connectivity index is 4.49. The van der Waals surface area contributed by atoms with Crippen LogP contribution in [0.3, 0.4) is 0 Å². The molecule has 16 heavy (non-hydrogen) atoms. The van der Waals surface area contributed by atoms with E-state index in [1.807, 2.05) is 0 Å². The number of hydrogen-bond donors (Lipinski definition) is 1. The quantitative estimate of drug-likeness (QED) is 0.411. The summed E-state index contributed by atoms with van der Waals surface area (Å²) in [5.74, 6) is -2.53. The van der Waals surface area contributed by atoms with E-state index in [2.05, 4.69) is 0 Å². The first kappa shape index (κ1) is 15.2. The van der Waals surface area contributed by atoms with Crippen LogP contribution in [0.1, 0.15) is 20.3 Å². The van der Waals surface area contributed by atoms with Gasteiger partial charge in [0.25, 0.3) is 0 Å². The highest BCUT2D eigenvalue weighted by Gasteiger charge is 2.31. The fourth-order valence-electron chi connectivity index (χ4n) is 1.11. The zero-order valence-electron chi connectivity index (χ0n) is 9.44. The smallest absolute Gasteiger partial charge is 0.320 e. The molecule has 0 aliphatic carbocycles. The van der Waals surface area contributed by atoms with Gasteiger partial charge < -0.3 is 14.6 Å². The zero-order chi connectivity index (χ0) is 12.6. The molecule has 0 spiro atoms. The van der Waals surface area contributed by atoms with Crippen molar-refractivity contribution in [2.45, 2.75) is 26.4 Å². The molecule has 0 radical (unpaired) electrons. The van der Waals surface area contributed by atoms with Gasteiger partial charge in [0.15, 0.2) is 5.92 Å². The van der Waals surface area contributed by atoms with Crippen LogP contribution in [0.2, 0.25) is 0 Å². The summed E-state index contributed by atoms with van der Waals surface area (Å²) in [5, 5.41) is 9.32. The number of ether oxygens (including phenoxy) is 2. The highest BCUT2D eigenvalue weighted by Crippen LogP contribution is 2.12. The van der Waals surface area contributed by atoms with Crippen molar-refractivity contribution >= 4 is 23.5 Å². The number of esters is 2. The monoisotopic (exact) mass is 252 g/mol. The topological polar surface area (TPSA) is 72.8 Å². The third-order valence-corrected chi connectivity index (χ3v) is 2.18. The molecule has 0 saturated heterocycles. The van der Waals surface area contributed by atoms with Crippen LogP contribution in [0.4, 0.5) is 0 Å². The first-order chi connectivity index (χ1) is 7.56. The summed E-state index contributed by atoms with van der Waals surface area (Å²) < 4.78 is 9.45. The molecule has 1 N–H and O–H groups in total. The molecule has 1 atom stereocenters. The van der Waals surface area contributed by atoms with E-state index in [9.17, 15) is 14.7 Å². The molecule has 6 heteroatoms. The molecule has 0 bridgehead atoms. The lowest BCUT2D eigenvalue weighted by Gasteiger charge is -2.16. The van der Waals surface area contributed by atoms with Crippen molar-refractivity contribution in [2.24, 2.45) is 5.92 Å². The lowest BCUT2D eigenvalue weighted by molar-refractivity contribution is -0.163. The molecule has 0 heterocycles. The van der Waals surface area contributed by atoms with E-state index in [4.69, 9.17) is 21.1 Å². The van der Waals surface area contributed by atoms with Crippen LogP contribution in [0.15, 0.2) is 0 Å². The second-order valence-corrected chi connectivity index (χ2v) is 3.41. The Morgan fingerprint density at radius 3 is 1.94 bits per heavy atom. The number of rotatable bonds is 7. The van der Waals surface area contributed by atoms with Crippen molar-refractivity contribution in [3.05, 3.63) is 0 Å². The van der Waals surface area contributed by atoms with Gasteiger partial charge in [-0.25, -0.2) is 0 Å². The summed E-state index contributed by atoms with van der Waals surface area (Å²) in [6.07, 6.45) is -1.01. The van der Waals surface area contributed by atoms with Gasteiger partial charge in [-0.1, -0.05) is 0 Å². The van der Waals surface area contributed by atoms with Gasteiger partial charge in [-0.15, -0.1) is 11.6 Å². The molecule has 0 saturated carbocycles. The van der Waals surface area contributed by atoms with E-state index in [0.717, 1.165) is 0 Å². The summed E-state index contributed by atoms with van der Waals surface area (Å²) in [6.45, 7) is 3.62. The molecule has 94 valence electrons. The molecule has 1 unspecified atom stereocenters. The predicted octanol–water partition coefficient (Wildman–Crippen LogP) is 0.719. The highest BCUT2D eigenvalue weighted by atomic mass is 35.5. The summed E-state index contributed by atoms with van der Waals surface area (Å²) in [7, 11) is 0. The van der Waals surface area contributed by atoms with E-state index < -0.39 is 24.0 Å². The van der Waals surface area contributed by atoms with Crippen LogP contribution >= 0.6 is 11.6 Å². The maximum Gasteiger partial charge on any atom is 0.320 e. The van der Waals surface area contributed by atoms with Gasteiger partial charge in [-0.2, -0.15) is 0 Å². The van der Waals surface area contributed by atoms with E-state index in [0.29, 0.717) is 0 Å². The van der Waals surface area contributed by atoms with Crippen LogP contribution in [0, 0.1) is 5.92 Å². The van der Waals surface area contributed by atoms with Crippen LogP contribution in [0.25, 0.3) is 0 Å². The Morgan fingerprint density at radius 2 is 1.62 bits per heavy atom. The van der Waals surface area contributed by atoms with Gasteiger partial charge in [0.1, 0.15) is 0 Å². The molecule has 0 amide bonds. The molecule has 5 nitrogen and oxygen atoms in total. The highest BCUT2D eigenvalue weighted by molar-refractivity contribution is 6.18. The largest absolute Gasteiger partial charge is 0.465 e. The summed E-state index contributed by atoms with van der Waals surface area (Å²) >= 11 is 5.41. The van der Waals surface area contributed by atoms with Crippen LogP contribution in [0.5, 0.6) is 0 Å². The minimum Gasteiger partial charge on any atom is -0.465 e. The summed E-state index contributed by atoms with van der Waals surface area (Å²) in [6, 6.07) is 0. The number of carbonyl (C=O) groups excluding carboxylic acids is 2. The lowest BCUT2D eigenvalue weighted by Crippen LogP contribution is -2.32. The van der Waals surface area contributed by atoms with E-state index in [1.54, 1.807) is 13.8 Å². The molecule has 0 aromatic carbocycles. The fourth-order valence-corrected chi connectivity index (χ4v) is 1.24. The third kappa shape index (κ3) is 5.32. The normalized spacial score (nSPS) is 12.3. The minimum absolute atomic E-state index is 0.0463. The molecular formula is C10H17ClO5.